The number of carbonyl (C=O) groups is 3. The molecule has 0 aromatic carbocycles. The zero-order valence-corrected chi connectivity index (χ0v) is 21.6. The summed E-state index contributed by atoms with van der Waals surface area (Å²) in [6.45, 7) is 8.07. The van der Waals surface area contributed by atoms with Gasteiger partial charge in [-0.3, -0.25) is 14.4 Å². The quantitative estimate of drug-likeness (QED) is 0.165. The highest BCUT2D eigenvalue weighted by Gasteiger charge is 2.83. The van der Waals surface area contributed by atoms with Gasteiger partial charge in [-0.15, -0.1) is 0 Å². The number of hydrogen-bond acceptors (Lipinski definition) is 9. The average molecular weight is 513 g/mol. The molecule has 2 aliphatic carbocycles. The topological polar surface area (TPSA) is 162 Å². The van der Waals surface area contributed by atoms with Crippen LogP contribution >= 0.6 is 0 Å². The van der Waals surface area contributed by atoms with Crippen molar-refractivity contribution in [2.75, 3.05) is 0 Å². The second-order valence-corrected chi connectivity index (χ2v) is 9.85. The first-order valence-corrected chi connectivity index (χ1v) is 11.7. The maximum atomic E-state index is 14.0. The lowest BCUT2D eigenvalue weighted by molar-refractivity contribution is -0.313. The van der Waals surface area contributed by atoms with Gasteiger partial charge < -0.3 is 30.3 Å². The Morgan fingerprint density at radius 3 is 1.86 bits per heavy atom. The minimum atomic E-state index is -2.98. The third-order valence-corrected chi connectivity index (χ3v) is 7.56. The van der Waals surface area contributed by atoms with Gasteiger partial charge in [0.2, 0.25) is 11.6 Å². The Hall–Kier alpha value is -3.53. The summed E-state index contributed by atoms with van der Waals surface area (Å²) in [6, 6.07) is 0. The molecule has 0 bridgehead atoms. The van der Waals surface area contributed by atoms with Gasteiger partial charge in [0.15, 0.2) is 17.2 Å². The Morgan fingerprint density at radius 2 is 1.35 bits per heavy atom. The molecule has 9 nitrogen and oxygen atoms in total. The number of Topliss-reactive ketones (excluding diaryl/α,β-unsaturated/α-hetero) is 3. The zero-order valence-electron chi connectivity index (χ0n) is 21.6. The Labute approximate surface area is 214 Å². The average Bonchev–Trinajstić information content (AvgIpc) is 3.03. The van der Waals surface area contributed by atoms with Crippen LogP contribution in [-0.2, 0) is 19.1 Å². The van der Waals surface area contributed by atoms with E-state index in [1.54, 1.807) is 32.1 Å². The van der Waals surface area contributed by atoms with Crippen molar-refractivity contribution in [2.24, 2.45) is 11.3 Å². The molecule has 1 saturated carbocycles. The number of fused-ring (bicyclic) bond motifs is 3. The Morgan fingerprint density at radius 1 is 0.838 bits per heavy atom. The van der Waals surface area contributed by atoms with Crippen molar-refractivity contribution in [3.8, 4) is 0 Å². The molecule has 0 unspecified atom stereocenters. The summed E-state index contributed by atoms with van der Waals surface area (Å²) in [5.41, 5.74) is -8.56. The molecule has 1 aliphatic heterocycles. The minimum Gasteiger partial charge on any atom is -0.508 e. The van der Waals surface area contributed by atoms with Gasteiger partial charge in [0.25, 0.3) is 0 Å². The normalized spacial score (nSPS) is 39.5. The van der Waals surface area contributed by atoms with E-state index in [0.717, 1.165) is 13.0 Å². The van der Waals surface area contributed by atoms with Crippen molar-refractivity contribution in [1.82, 2.24) is 0 Å². The molecule has 198 valence electrons. The Kier molecular flexibility index (Phi) is 6.89. The van der Waals surface area contributed by atoms with E-state index < -0.39 is 68.5 Å². The zero-order chi connectivity index (χ0) is 28.1. The van der Waals surface area contributed by atoms with E-state index in [1.807, 2.05) is 0 Å². The predicted octanol–water partition coefficient (Wildman–Crippen LogP) is 3.29. The fourth-order valence-corrected chi connectivity index (χ4v) is 5.62. The van der Waals surface area contributed by atoms with Gasteiger partial charge in [-0.2, -0.15) is 0 Å². The standard InChI is InChI=1S/C28H32O9/c1-7-9-11-13-16(29)18-20(31)15(3)22(32)26(5)21(18)25(4)23(33)19(17(30)14-12-10-8-2)24(34)27(6,35)28(25,36)37-26/h7-14,21,29-31,35-36H,1-6H3/b9-7+,10-8+,13-11+,14-12+,18-16-,19-17-/t21-,25-,26+,27+,28-/m1/s1. The van der Waals surface area contributed by atoms with Crippen LogP contribution in [0.4, 0.5) is 0 Å². The molecule has 3 aliphatic rings. The molecule has 5 atom stereocenters. The summed E-state index contributed by atoms with van der Waals surface area (Å²) in [5.74, 6) is -9.75. The summed E-state index contributed by atoms with van der Waals surface area (Å²) in [6.07, 6.45) is 11.5. The Balaban J connectivity index is 2.46. The van der Waals surface area contributed by atoms with Crippen LogP contribution in [0, 0.1) is 11.3 Å². The lowest BCUT2D eigenvalue weighted by Crippen LogP contribution is -2.72. The van der Waals surface area contributed by atoms with Crippen molar-refractivity contribution in [1.29, 1.82) is 0 Å². The maximum absolute atomic E-state index is 14.0. The second kappa shape index (κ2) is 9.09. The monoisotopic (exact) mass is 512 g/mol. The lowest BCUT2D eigenvalue weighted by Gasteiger charge is -2.50. The highest BCUT2D eigenvalue weighted by molar-refractivity contribution is 6.28. The number of ketones is 3. The fraction of sp³-hybridized carbons (Fsp3) is 0.393. The summed E-state index contributed by atoms with van der Waals surface area (Å²) < 4.78 is 5.82. The van der Waals surface area contributed by atoms with Gasteiger partial charge in [0, 0.05) is 17.1 Å². The highest BCUT2D eigenvalue weighted by atomic mass is 16.7. The fourth-order valence-electron chi connectivity index (χ4n) is 5.62. The largest absolute Gasteiger partial charge is 0.508 e. The van der Waals surface area contributed by atoms with Crippen molar-refractivity contribution in [2.45, 2.75) is 58.5 Å². The first-order valence-electron chi connectivity index (χ1n) is 11.7. The van der Waals surface area contributed by atoms with E-state index in [9.17, 15) is 39.9 Å². The molecule has 3 rings (SSSR count). The molecule has 5 N–H and O–H groups in total. The molecular weight excluding hydrogens is 480 g/mol. The van der Waals surface area contributed by atoms with Crippen LogP contribution in [-0.4, -0.2) is 59.9 Å². The smallest absolute Gasteiger partial charge is 0.217 e. The molecule has 1 saturated heterocycles. The number of aliphatic hydroxyl groups is 5. The number of hydrogen-bond donors (Lipinski definition) is 5. The highest BCUT2D eigenvalue weighted by Crippen LogP contribution is 2.66. The van der Waals surface area contributed by atoms with Gasteiger partial charge in [0.05, 0.1) is 5.41 Å². The van der Waals surface area contributed by atoms with Crippen LogP contribution in [0.5, 0.6) is 0 Å². The van der Waals surface area contributed by atoms with E-state index in [1.165, 1.54) is 45.1 Å². The van der Waals surface area contributed by atoms with Crippen LogP contribution < -0.4 is 0 Å². The molecule has 0 radical (unpaired) electrons. The van der Waals surface area contributed by atoms with Gasteiger partial charge >= 0.3 is 0 Å². The van der Waals surface area contributed by atoms with Gasteiger partial charge in [0.1, 0.15) is 28.5 Å². The first kappa shape index (κ1) is 28.0. The summed E-state index contributed by atoms with van der Waals surface area (Å²) >= 11 is 0. The number of allylic oxidation sites excluding steroid dienone is 9. The van der Waals surface area contributed by atoms with Crippen molar-refractivity contribution < 1.29 is 44.7 Å². The van der Waals surface area contributed by atoms with E-state index >= 15 is 0 Å². The van der Waals surface area contributed by atoms with E-state index in [2.05, 4.69) is 0 Å². The molecule has 1 heterocycles. The number of carbonyl (C=O) groups excluding carboxylic acids is 3. The van der Waals surface area contributed by atoms with Crippen molar-refractivity contribution >= 4 is 17.3 Å². The predicted molar refractivity (Wildman–Crippen MR) is 134 cm³/mol. The summed E-state index contributed by atoms with van der Waals surface area (Å²) in [7, 11) is 0. The van der Waals surface area contributed by atoms with Crippen LogP contribution in [0.25, 0.3) is 0 Å². The third-order valence-electron chi connectivity index (χ3n) is 7.56. The lowest BCUT2D eigenvalue weighted by atomic mass is 9.52. The molecule has 0 amide bonds. The van der Waals surface area contributed by atoms with E-state index in [0.29, 0.717) is 0 Å². The third kappa shape index (κ3) is 3.53. The Bertz CT molecular complexity index is 1290. The van der Waals surface area contributed by atoms with Crippen LogP contribution in [0.2, 0.25) is 0 Å². The first-order chi connectivity index (χ1) is 17.1. The van der Waals surface area contributed by atoms with Crippen LogP contribution in [0.15, 0.2) is 82.6 Å². The summed E-state index contributed by atoms with van der Waals surface area (Å²) in [4.78, 5) is 40.8. The maximum Gasteiger partial charge on any atom is 0.217 e. The van der Waals surface area contributed by atoms with E-state index in [4.69, 9.17) is 4.74 Å². The number of ether oxygens (including phenoxy) is 1. The number of aliphatic hydroxyl groups excluding tert-OH is 3. The molecule has 9 heteroatoms. The van der Waals surface area contributed by atoms with Crippen molar-refractivity contribution in [3.63, 3.8) is 0 Å². The summed E-state index contributed by atoms with van der Waals surface area (Å²) in [5, 5.41) is 55.9. The second-order valence-electron chi connectivity index (χ2n) is 9.85. The number of rotatable bonds is 4. The molecular formula is C28H32O9. The molecule has 0 aromatic rings. The van der Waals surface area contributed by atoms with Crippen molar-refractivity contribution in [3.05, 3.63) is 82.6 Å². The van der Waals surface area contributed by atoms with Gasteiger partial charge in [-0.25, -0.2) is 0 Å². The SMILES string of the molecule is C/C=C/C=C/C(O)=C1/C(=O)[C@](C)(O)[C@]2(O)O[C@]3(C)C(=O)C(C)=C(O)\C(=C(O)/C=C/C=C/C)[C@@H]3[C@]2(C)C1=O. The minimum absolute atomic E-state index is 0.211. The van der Waals surface area contributed by atoms with Crippen LogP contribution in [0.3, 0.4) is 0 Å². The van der Waals surface area contributed by atoms with E-state index in [-0.39, 0.29) is 11.1 Å². The molecule has 37 heavy (non-hydrogen) atoms. The molecule has 0 aromatic heterocycles. The van der Waals surface area contributed by atoms with Crippen LogP contribution in [0.1, 0.15) is 41.5 Å². The molecule has 0 spiro atoms. The molecule has 2 fully saturated rings. The van der Waals surface area contributed by atoms with Gasteiger partial charge in [-0.05, 0) is 53.7 Å². The van der Waals surface area contributed by atoms with Gasteiger partial charge in [-0.1, -0.05) is 36.5 Å².